The molecule has 0 saturated heterocycles. The molecule has 0 aromatic rings. The summed E-state index contributed by atoms with van der Waals surface area (Å²) in [5.74, 6) is 0.261. The number of hydrogen-bond acceptors (Lipinski definition) is 6. The van der Waals surface area contributed by atoms with Gasteiger partial charge in [-0.1, -0.05) is 19.1 Å². The van der Waals surface area contributed by atoms with Gasteiger partial charge in [0, 0.05) is 31.6 Å². The van der Waals surface area contributed by atoms with Gasteiger partial charge in [-0.3, -0.25) is 19.2 Å². The highest BCUT2D eigenvalue weighted by Gasteiger charge is 2.60. The molecule has 168 valence electrons. The molecule has 0 aromatic carbocycles. The number of ether oxygens (including phenoxy) is 2. The SMILES string of the molecule is CC(=O)OCC(=O)[C@H]1CC[C@H]2[C@@H]3C=CC4=CC(=O)CC[C@]4(COC(C)=O)[C@H]3CC[C@]12C. The first kappa shape index (κ1) is 22.0. The van der Waals surface area contributed by atoms with Crippen molar-refractivity contribution in [1.29, 1.82) is 0 Å². The number of carbonyl (C=O) groups is 4. The van der Waals surface area contributed by atoms with Crippen LogP contribution in [0.3, 0.4) is 0 Å². The summed E-state index contributed by atoms with van der Waals surface area (Å²) in [6, 6.07) is 0. The Labute approximate surface area is 183 Å². The molecule has 0 bridgehead atoms. The predicted molar refractivity (Wildman–Crippen MR) is 113 cm³/mol. The Bertz CT molecular complexity index is 869. The Kier molecular flexibility index (Phi) is 5.69. The second kappa shape index (κ2) is 8.03. The number of esters is 2. The Morgan fingerprint density at radius 3 is 2.48 bits per heavy atom. The van der Waals surface area contributed by atoms with Gasteiger partial charge < -0.3 is 9.47 Å². The highest BCUT2D eigenvalue weighted by Crippen LogP contribution is 2.65. The molecule has 0 aliphatic heterocycles. The van der Waals surface area contributed by atoms with Crippen molar-refractivity contribution in [3.63, 3.8) is 0 Å². The lowest BCUT2D eigenvalue weighted by molar-refractivity contribution is -0.150. The average molecular weight is 429 g/mol. The van der Waals surface area contributed by atoms with Crippen molar-refractivity contribution in [1.82, 2.24) is 0 Å². The molecule has 0 radical (unpaired) electrons. The first-order valence-electron chi connectivity index (χ1n) is 11.4. The first-order chi connectivity index (χ1) is 14.7. The smallest absolute Gasteiger partial charge is 0.303 e. The van der Waals surface area contributed by atoms with Gasteiger partial charge in [0.05, 0.1) is 0 Å². The van der Waals surface area contributed by atoms with Crippen molar-refractivity contribution in [2.24, 2.45) is 34.5 Å². The summed E-state index contributed by atoms with van der Waals surface area (Å²) in [6.45, 7) is 5.15. The Hall–Kier alpha value is -2.24. The van der Waals surface area contributed by atoms with Gasteiger partial charge in [-0.2, -0.15) is 0 Å². The lowest BCUT2D eigenvalue weighted by Crippen LogP contribution is -2.52. The number of ketones is 2. The second-order valence-electron chi connectivity index (χ2n) is 10.1. The molecule has 2 saturated carbocycles. The molecule has 4 aliphatic rings. The number of fused-ring (bicyclic) bond motifs is 5. The molecule has 0 spiro atoms. The number of Topliss-reactive ketones (excluding diaryl/α,β-unsaturated/α-hetero) is 1. The van der Waals surface area contributed by atoms with Crippen LogP contribution in [0.25, 0.3) is 0 Å². The number of rotatable bonds is 5. The van der Waals surface area contributed by atoms with Gasteiger partial charge in [-0.05, 0) is 66.9 Å². The molecule has 6 heteroatoms. The van der Waals surface area contributed by atoms with E-state index in [1.54, 1.807) is 6.08 Å². The minimum absolute atomic E-state index is 0.0249. The fraction of sp³-hybridized carbons (Fsp3) is 0.680. The number of hydrogen-bond donors (Lipinski definition) is 0. The van der Waals surface area contributed by atoms with Gasteiger partial charge in [0.15, 0.2) is 11.6 Å². The van der Waals surface area contributed by atoms with Crippen molar-refractivity contribution in [2.45, 2.75) is 59.3 Å². The van der Waals surface area contributed by atoms with Crippen LogP contribution in [0.1, 0.15) is 59.3 Å². The maximum atomic E-state index is 12.9. The summed E-state index contributed by atoms with van der Waals surface area (Å²) >= 11 is 0. The third-order valence-electron chi connectivity index (χ3n) is 8.59. The van der Waals surface area contributed by atoms with Gasteiger partial charge in [0.25, 0.3) is 0 Å². The third kappa shape index (κ3) is 3.68. The molecule has 0 heterocycles. The summed E-state index contributed by atoms with van der Waals surface area (Å²) in [4.78, 5) is 47.8. The van der Waals surface area contributed by atoms with Crippen LogP contribution in [-0.4, -0.2) is 36.7 Å². The van der Waals surface area contributed by atoms with Crippen LogP contribution >= 0.6 is 0 Å². The normalized spacial score (nSPS) is 38.4. The van der Waals surface area contributed by atoms with E-state index < -0.39 is 5.97 Å². The predicted octanol–water partition coefficient (Wildman–Crippen LogP) is 3.59. The molecule has 4 rings (SSSR count). The Balaban J connectivity index is 1.63. The van der Waals surface area contributed by atoms with E-state index in [0.717, 1.165) is 31.3 Å². The zero-order valence-corrected chi connectivity index (χ0v) is 18.6. The van der Waals surface area contributed by atoms with Gasteiger partial charge in [0.2, 0.25) is 0 Å². The number of allylic oxidation sites excluding steroid dienone is 3. The molecule has 6 atom stereocenters. The van der Waals surface area contributed by atoms with Gasteiger partial charge >= 0.3 is 11.9 Å². The molecule has 0 aromatic heterocycles. The second-order valence-corrected chi connectivity index (χ2v) is 10.1. The molecular formula is C25H32O6. The van der Waals surface area contributed by atoms with Crippen LogP contribution in [-0.2, 0) is 28.7 Å². The van der Waals surface area contributed by atoms with E-state index in [1.165, 1.54) is 13.8 Å². The monoisotopic (exact) mass is 428 g/mol. The first-order valence-corrected chi connectivity index (χ1v) is 11.4. The minimum atomic E-state index is -0.425. The van der Waals surface area contributed by atoms with Crippen molar-refractivity contribution in [2.75, 3.05) is 13.2 Å². The summed E-state index contributed by atoms with van der Waals surface area (Å²) in [6.07, 6.45) is 10.8. The molecule has 2 fully saturated rings. The van der Waals surface area contributed by atoms with Crippen molar-refractivity contribution in [3.8, 4) is 0 Å². The fourth-order valence-corrected chi connectivity index (χ4v) is 7.11. The van der Waals surface area contributed by atoms with Gasteiger partial charge in [-0.15, -0.1) is 0 Å². The maximum Gasteiger partial charge on any atom is 0.303 e. The third-order valence-corrected chi connectivity index (χ3v) is 8.59. The van der Waals surface area contributed by atoms with Crippen molar-refractivity contribution < 1.29 is 28.7 Å². The average Bonchev–Trinajstić information content (AvgIpc) is 3.07. The topological polar surface area (TPSA) is 86.7 Å². The quantitative estimate of drug-likeness (QED) is 0.622. The lowest BCUT2D eigenvalue weighted by atomic mass is 9.48. The largest absolute Gasteiger partial charge is 0.465 e. The van der Waals surface area contributed by atoms with Crippen LogP contribution in [0.5, 0.6) is 0 Å². The van der Waals surface area contributed by atoms with E-state index in [2.05, 4.69) is 19.1 Å². The summed E-state index contributed by atoms with van der Waals surface area (Å²) in [5, 5.41) is 0. The maximum absolute atomic E-state index is 12.9. The van der Waals surface area contributed by atoms with Gasteiger partial charge in [-0.25, -0.2) is 0 Å². The molecule has 0 unspecified atom stereocenters. The summed E-state index contributed by atoms with van der Waals surface area (Å²) in [5.41, 5.74) is 0.548. The molecular weight excluding hydrogens is 396 g/mol. The van der Waals surface area contributed by atoms with Gasteiger partial charge in [0.1, 0.15) is 13.2 Å². The van der Waals surface area contributed by atoms with Crippen LogP contribution in [0.4, 0.5) is 0 Å². The highest BCUT2D eigenvalue weighted by atomic mass is 16.5. The Morgan fingerprint density at radius 2 is 1.77 bits per heavy atom. The van der Waals surface area contributed by atoms with Crippen LogP contribution in [0.2, 0.25) is 0 Å². The van der Waals surface area contributed by atoms with Crippen molar-refractivity contribution in [3.05, 3.63) is 23.8 Å². The molecule has 6 nitrogen and oxygen atoms in total. The minimum Gasteiger partial charge on any atom is -0.465 e. The zero-order valence-electron chi connectivity index (χ0n) is 18.6. The van der Waals surface area contributed by atoms with E-state index in [0.29, 0.717) is 25.4 Å². The highest BCUT2D eigenvalue weighted by molar-refractivity contribution is 5.92. The molecule has 0 amide bonds. The molecule has 31 heavy (non-hydrogen) atoms. The zero-order chi connectivity index (χ0) is 22.4. The van der Waals surface area contributed by atoms with Crippen molar-refractivity contribution >= 4 is 23.5 Å². The van der Waals surface area contributed by atoms with Crippen LogP contribution < -0.4 is 0 Å². The van der Waals surface area contributed by atoms with E-state index in [4.69, 9.17) is 9.47 Å². The number of carbonyl (C=O) groups excluding carboxylic acids is 4. The Morgan fingerprint density at radius 1 is 1.03 bits per heavy atom. The van der Waals surface area contributed by atoms with E-state index in [1.807, 2.05) is 0 Å². The summed E-state index contributed by atoms with van der Waals surface area (Å²) in [7, 11) is 0. The molecule has 4 aliphatic carbocycles. The summed E-state index contributed by atoms with van der Waals surface area (Å²) < 4.78 is 10.6. The lowest BCUT2D eigenvalue weighted by Gasteiger charge is -2.56. The molecule has 0 N–H and O–H groups in total. The van der Waals surface area contributed by atoms with E-state index in [9.17, 15) is 19.2 Å². The standard InChI is InChI=1S/C25H32O6/c1-15(26)30-13-23(29)22-7-6-20-19-5-4-17-12-18(28)8-11-25(17,14-31-16(2)27)21(19)9-10-24(20,22)3/h4-5,12,19-22H,6-11,13-14H2,1-3H3/t19-,20-,21-,22+,24-,25+/m0/s1. The van der Waals surface area contributed by atoms with Crippen LogP contribution in [0, 0.1) is 34.5 Å². The van der Waals surface area contributed by atoms with E-state index in [-0.39, 0.29) is 52.7 Å². The fourth-order valence-electron chi connectivity index (χ4n) is 7.11. The van der Waals surface area contributed by atoms with Crippen LogP contribution in [0.15, 0.2) is 23.8 Å². The van der Waals surface area contributed by atoms with E-state index >= 15 is 0 Å².